The van der Waals surface area contributed by atoms with Crippen LogP contribution in [0.25, 0.3) is 0 Å². The van der Waals surface area contributed by atoms with Crippen molar-refractivity contribution in [3.05, 3.63) is 16.3 Å². The maximum Gasteiger partial charge on any atom is 0.241 e. The minimum Gasteiger partial charge on any atom is -0.309 e. The van der Waals surface area contributed by atoms with Gasteiger partial charge in [0.1, 0.15) is 0 Å². The zero-order chi connectivity index (χ0) is 13.7. The number of hydrogen-bond acceptors (Lipinski definition) is 4. The van der Waals surface area contributed by atoms with E-state index in [1.165, 1.54) is 24.2 Å². The third kappa shape index (κ3) is 4.87. The summed E-state index contributed by atoms with van der Waals surface area (Å²) >= 11 is 1.51. The van der Waals surface area contributed by atoms with Crippen LogP contribution in [0.1, 0.15) is 43.9 Å². The van der Waals surface area contributed by atoms with Crippen LogP contribution in [0.3, 0.4) is 0 Å². The average Bonchev–Trinajstić information content (AvgIpc) is 3.08. The fraction of sp³-hybridized carbons (Fsp3) is 0.692. The van der Waals surface area contributed by atoms with Gasteiger partial charge >= 0.3 is 0 Å². The first kappa shape index (κ1) is 15.0. The van der Waals surface area contributed by atoms with Crippen molar-refractivity contribution in [3.8, 4) is 0 Å². The van der Waals surface area contributed by atoms with Crippen molar-refractivity contribution in [3.63, 3.8) is 0 Å². The van der Waals surface area contributed by atoms with Gasteiger partial charge in [-0.05, 0) is 25.3 Å². The quantitative estimate of drug-likeness (QED) is 0.689. The molecule has 0 radical (unpaired) electrons. The summed E-state index contributed by atoms with van der Waals surface area (Å²) in [6.45, 7) is 3.41. The Morgan fingerprint density at radius 3 is 2.84 bits per heavy atom. The molecule has 0 amide bonds. The van der Waals surface area contributed by atoms with Gasteiger partial charge in [0, 0.05) is 29.4 Å². The van der Waals surface area contributed by atoms with E-state index >= 15 is 0 Å². The van der Waals surface area contributed by atoms with Gasteiger partial charge in [0.05, 0.1) is 4.90 Å². The maximum atomic E-state index is 12.0. The second kappa shape index (κ2) is 6.83. The fourth-order valence-electron chi connectivity index (χ4n) is 1.79. The molecule has 1 saturated carbocycles. The van der Waals surface area contributed by atoms with E-state index in [2.05, 4.69) is 17.0 Å². The van der Waals surface area contributed by atoms with Crippen LogP contribution in [0.15, 0.2) is 16.3 Å². The predicted octanol–water partition coefficient (Wildman–Crippen LogP) is 2.47. The standard InChI is InChI=1S/C13H22N2O2S2/c1-2-3-4-7-15-19(16,17)13-8-12(18-10-13)9-14-11-5-6-11/h8,10-11,14-15H,2-7,9H2,1H3. The van der Waals surface area contributed by atoms with Gasteiger partial charge in [0.2, 0.25) is 10.0 Å². The van der Waals surface area contributed by atoms with Crippen molar-refractivity contribution in [2.24, 2.45) is 0 Å². The summed E-state index contributed by atoms with van der Waals surface area (Å²) in [6, 6.07) is 2.43. The van der Waals surface area contributed by atoms with Crippen LogP contribution in [0.2, 0.25) is 0 Å². The Morgan fingerprint density at radius 1 is 1.37 bits per heavy atom. The summed E-state index contributed by atoms with van der Waals surface area (Å²) in [5, 5.41) is 5.12. The van der Waals surface area contributed by atoms with Gasteiger partial charge in [0.15, 0.2) is 0 Å². The Hall–Kier alpha value is -0.430. The van der Waals surface area contributed by atoms with Crippen molar-refractivity contribution in [1.82, 2.24) is 10.0 Å². The molecule has 0 spiro atoms. The minimum atomic E-state index is -3.31. The lowest BCUT2D eigenvalue weighted by molar-refractivity contribution is 0.576. The second-order valence-electron chi connectivity index (χ2n) is 5.01. The molecule has 1 aliphatic carbocycles. The van der Waals surface area contributed by atoms with Crippen LogP contribution >= 0.6 is 11.3 Å². The molecule has 6 heteroatoms. The lowest BCUT2D eigenvalue weighted by Gasteiger charge is -2.04. The van der Waals surface area contributed by atoms with Gasteiger partial charge < -0.3 is 5.32 Å². The highest BCUT2D eigenvalue weighted by Crippen LogP contribution is 2.22. The molecule has 0 aromatic carbocycles. The zero-order valence-corrected chi connectivity index (χ0v) is 12.9. The van der Waals surface area contributed by atoms with Crippen molar-refractivity contribution < 1.29 is 8.42 Å². The summed E-state index contributed by atoms with van der Waals surface area (Å²) in [5.74, 6) is 0. The smallest absolute Gasteiger partial charge is 0.241 e. The average molecular weight is 302 g/mol. The Labute approximate surface area is 119 Å². The number of sulfonamides is 1. The Morgan fingerprint density at radius 2 is 2.16 bits per heavy atom. The largest absolute Gasteiger partial charge is 0.309 e. The molecule has 0 bridgehead atoms. The Balaban J connectivity index is 1.84. The number of unbranched alkanes of at least 4 members (excludes halogenated alkanes) is 2. The third-order valence-corrected chi connectivity index (χ3v) is 5.68. The molecule has 2 N–H and O–H groups in total. The predicted molar refractivity (Wildman–Crippen MR) is 78.9 cm³/mol. The van der Waals surface area contributed by atoms with E-state index in [1.54, 1.807) is 11.4 Å². The van der Waals surface area contributed by atoms with Gasteiger partial charge in [-0.3, -0.25) is 0 Å². The molecule has 4 nitrogen and oxygen atoms in total. The van der Waals surface area contributed by atoms with E-state index in [0.29, 0.717) is 17.5 Å². The first-order chi connectivity index (χ1) is 9.12. The highest BCUT2D eigenvalue weighted by atomic mass is 32.2. The maximum absolute atomic E-state index is 12.0. The molecule has 1 heterocycles. The van der Waals surface area contributed by atoms with Crippen LogP contribution < -0.4 is 10.0 Å². The van der Waals surface area contributed by atoms with Gasteiger partial charge in [-0.25, -0.2) is 13.1 Å². The number of nitrogens with one attached hydrogen (secondary N) is 2. The van der Waals surface area contributed by atoms with Crippen molar-refractivity contribution in [2.75, 3.05) is 6.54 Å². The van der Waals surface area contributed by atoms with Crippen LogP contribution in [0, 0.1) is 0 Å². The molecule has 0 aliphatic heterocycles. The molecule has 0 atom stereocenters. The normalized spacial score (nSPS) is 15.8. The molecule has 1 aromatic rings. The van der Waals surface area contributed by atoms with Crippen LogP contribution in [0.4, 0.5) is 0 Å². The molecule has 1 aliphatic rings. The molecule has 1 fully saturated rings. The van der Waals surface area contributed by atoms with Gasteiger partial charge in [-0.1, -0.05) is 19.8 Å². The van der Waals surface area contributed by atoms with E-state index in [0.717, 1.165) is 30.7 Å². The van der Waals surface area contributed by atoms with E-state index in [9.17, 15) is 8.42 Å². The van der Waals surface area contributed by atoms with Gasteiger partial charge in [-0.15, -0.1) is 11.3 Å². The molecule has 2 rings (SSSR count). The van der Waals surface area contributed by atoms with Crippen LogP contribution in [0.5, 0.6) is 0 Å². The second-order valence-corrected chi connectivity index (χ2v) is 7.77. The summed E-state index contributed by atoms with van der Waals surface area (Å²) in [6.07, 6.45) is 5.54. The lowest BCUT2D eigenvalue weighted by Crippen LogP contribution is -2.24. The fourth-order valence-corrected chi connectivity index (χ4v) is 4.09. The molecule has 108 valence electrons. The van der Waals surface area contributed by atoms with Crippen molar-refractivity contribution >= 4 is 21.4 Å². The van der Waals surface area contributed by atoms with Crippen molar-refractivity contribution in [1.29, 1.82) is 0 Å². The summed E-state index contributed by atoms with van der Waals surface area (Å²) < 4.78 is 26.7. The molecule has 1 aromatic heterocycles. The molecule has 0 saturated heterocycles. The van der Waals surface area contributed by atoms with Gasteiger partial charge in [-0.2, -0.15) is 0 Å². The Bertz CT molecular complexity index is 492. The zero-order valence-electron chi connectivity index (χ0n) is 11.3. The third-order valence-electron chi connectivity index (χ3n) is 3.15. The summed E-state index contributed by atoms with van der Waals surface area (Å²) in [7, 11) is -3.31. The number of thiophene rings is 1. The summed E-state index contributed by atoms with van der Waals surface area (Å²) in [5.41, 5.74) is 0. The lowest BCUT2D eigenvalue weighted by atomic mass is 10.3. The van der Waals surface area contributed by atoms with E-state index < -0.39 is 10.0 Å². The molecule has 0 unspecified atom stereocenters. The van der Waals surface area contributed by atoms with Gasteiger partial charge in [0.25, 0.3) is 0 Å². The summed E-state index contributed by atoms with van der Waals surface area (Å²) in [4.78, 5) is 1.49. The monoisotopic (exact) mass is 302 g/mol. The first-order valence-electron chi connectivity index (χ1n) is 6.92. The topological polar surface area (TPSA) is 58.2 Å². The van der Waals surface area contributed by atoms with Crippen molar-refractivity contribution in [2.45, 2.75) is 56.5 Å². The Kier molecular flexibility index (Phi) is 5.38. The number of rotatable bonds is 9. The highest BCUT2D eigenvalue weighted by molar-refractivity contribution is 7.89. The van der Waals surface area contributed by atoms with E-state index in [4.69, 9.17) is 0 Å². The van der Waals surface area contributed by atoms with Crippen LogP contribution in [-0.2, 0) is 16.6 Å². The van der Waals surface area contributed by atoms with Crippen LogP contribution in [-0.4, -0.2) is 21.0 Å². The SMILES string of the molecule is CCCCCNS(=O)(=O)c1csc(CNC2CC2)c1. The molecular weight excluding hydrogens is 280 g/mol. The first-order valence-corrected chi connectivity index (χ1v) is 9.28. The highest BCUT2D eigenvalue weighted by Gasteiger charge is 2.21. The molecular formula is C13H22N2O2S2. The number of hydrogen-bond donors (Lipinski definition) is 2. The van der Waals surface area contributed by atoms with E-state index in [1.807, 2.05) is 0 Å². The van der Waals surface area contributed by atoms with E-state index in [-0.39, 0.29) is 0 Å². The molecule has 19 heavy (non-hydrogen) atoms. The minimum absolute atomic E-state index is 0.404.